The van der Waals surface area contributed by atoms with Gasteiger partial charge in [0.25, 0.3) is 0 Å². The molecule has 0 atom stereocenters. The Bertz CT molecular complexity index is 458. The fourth-order valence-electron chi connectivity index (χ4n) is 2.66. The van der Waals surface area contributed by atoms with Crippen LogP contribution in [-0.4, -0.2) is 33.2 Å². The molecule has 1 fully saturated rings. The molecule has 4 heteroatoms. The third kappa shape index (κ3) is 2.59. The van der Waals surface area contributed by atoms with Gasteiger partial charge in [-0.15, -0.1) is 0 Å². The highest BCUT2D eigenvalue weighted by atomic mass is 15.1. The lowest BCUT2D eigenvalue weighted by molar-refractivity contribution is 0.204. The first-order valence-corrected chi connectivity index (χ1v) is 6.52. The summed E-state index contributed by atoms with van der Waals surface area (Å²) in [5.74, 6) is 0.675. The molecule has 0 amide bonds. The van der Waals surface area contributed by atoms with E-state index in [4.69, 9.17) is 0 Å². The molecule has 0 aromatic carbocycles. The van der Waals surface area contributed by atoms with E-state index in [0.717, 1.165) is 19.6 Å². The second-order valence-corrected chi connectivity index (χ2v) is 4.94. The molecule has 4 nitrogen and oxygen atoms in total. The number of likely N-dealkylation sites (tertiary alicyclic amines) is 1. The van der Waals surface area contributed by atoms with E-state index < -0.39 is 0 Å². The van der Waals surface area contributed by atoms with Crippen molar-refractivity contribution in [2.45, 2.75) is 25.3 Å². The number of aromatic amines is 1. The Kier molecular flexibility index (Phi) is 3.37. The van der Waals surface area contributed by atoms with Gasteiger partial charge in [-0.25, -0.2) is 0 Å². The first-order valence-electron chi connectivity index (χ1n) is 6.52. The van der Waals surface area contributed by atoms with Gasteiger partial charge in [0.2, 0.25) is 0 Å². The van der Waals surface area contributed by atoms with E-state index in [1.54, 1.807) is 0 Å². The van der Waals surface area contributed by atoms with Gasteiger partial charge in [-0.1, -0.05) is 6.07 Å². The number of piperidine rings is 1. The minimum atomic E-state index is 0.675. The van der Waals surface area contributed by atoms with Gasteiger partial charge in [0.05, 0.1) is 6.20 Å². The molecule has 1 aliphatic rings. The second kappa shape index (κ2) is 5.31. The summed E-state index contributed by atoms with van der Waals surface area (Å²) in [5.41, 5.74) is 2.66. The van der Waals surface area contributed by atoms with Gasteiger partial charge in [0.1, 0.15) is 0 Å². The van der Waals surface area contributed by atoms with Crippen LogP contribution in [0.25, 0.3) is 0 Å². The fourth-order valence-corrected chi connectivity index (χ4v) is 2.66. The molecule has 1 N–H and O–H groups in total. The summed E-state index contributed by atoms with van der Waals surface area (Å²) in [7, 11) is 0. The lowest BCUT2D eigenvalue weighted by atomic mass is 9.91. The summed E-state index contributed by atoms with van der Waals surface area (Å²) in [5, 5.41) is 6.94. The van der Waals surface area contributed by atoms with Crippen LogP contribution in [0.15, 0.2) is 36.9 Å². The highest BCUT2D eigenvalue weighted by molar-refractivity contribution is 5.12. The van der Waals surface area contributed by atoms with Crippen molar-refractivity contribution in [3.05, 3.63) is 48.0 Å². The molecule has 3 rings (SSSR count). The molecule has 2 aromatic heterocycles. The highest BCUT2D eigenvalue weighted by Crippen LogP contribution is 2.27. The van der Waals surface area contributed by atoms with Crippen LogP contribution in [0.3, 0.4) is 0 Å². The largest absolute Gasteiger partial charge is 0.299 e. The molecule has 0 saturated carbocycles. The summed E-state index contributed by atoms with van der Waals surface area (Å²) in [6, 6.07) is 4.16. The van der Waals surface area contributed by atoms with Crippen LogP contribution in [-0.2, 0) is 6.54 Å². The molecule has 2 aromatic rings. The van der Waals surface area contributed by atoms with Crippen LogP contribution in [0, 0.1) is 0 Å². The molecule has 0 aliphatic carbocycles. The average Bonchev–Trinajstić information content (AvgIpc) is 2.95. The number of nitrogens with zero attached hydrogens (tertiary/aromatic N) is 3. The SMILES string of the molecule is c1cncc(CN2CCC(c3cn[nH]c3)CC2)c1. The predicted molar refractivity (Wildman–Crippen MR) is 70.1 cm³/mol. The Labute approximate surface area is 107 Å². The number of aromatic nitrogens is 3. The number of rotatable bonds is 3. The van der Waals surface area contributed by atoms with Gasteiger partial charge >= 0.3 is 0 Å². The molecule has 0 spiro atoms. The number of H-pyrrole nitrogens is 1. The monoisotopic (exact) mass is 242 g/mol. The normalized spacial score (nSPS) is 18.0. The van der Waals surface area contributed by atoms with Crippen molar-refractivity contribution in [3.63, 3.8) is 0 Å². The summed E-state index contributed by atoms with van der Waals surface area (Å²) in [6.45, 7) is 3.33. The molecule has 0 radical (unpaired) electrons. The summed E-state index contributed by atoms with van der Waals surface area (Å²) < 4.78 is 0. The Hall–Kier alpha value is -1.68. The van der Waals surface area contributed by atoms with Gasteiger partial charge in [0, 0.05) is 25.1 Å². The van der Waals surface area contributed by atoms with Crippen molar-refractivity contribution in [1.29, 1.82) is 0 Å². The third-order valence-corrected chi connectivity index (χ3v) is 3.71. The Balaban J connectivity index is 1.54. The van der Waals surface area contributed by atoms with Crippen LogP contribution >= 0.6 is 0 Å². The quantitative estimate of drug-likeness (QED) is 0.897. The highest BCUT2D eigenvalue weighted by Gasteiger charge is 2.21. The first kappa shape index (κ1) is 11.4. The van der Waals surface area contributed by atoms with Crippen molar-refractivity contribution >= 4 is 0 Å². The fraction of sp³-hybridized carbons (Fsp3) is 0.429. The molecule has 3 heterocycles. The van der Waals surface area contributed by atoms with Gasteiger partial charge in [0.15, 0.2) is 0 Å². The topological polar surface area (TPSA) is 44.8 Å². The standard InChI is InChI=1S/C14H18N4/c1-2-12(8-15-5-1)11-18-6-3-13(4-7-18)14-9-16-17-10-14/h1-2,5,8-10,13H,3-4,6-7,11H2,(H,16,17). The molecule has 1 saturated heterocycles. The molecule has 0 bridgehead atoms. The van der Waals surface area contributed by atoms with Crippen LogP contribution in [0.2, 0.25) is 0 Å². The molecule has 18 heavy (non-hydrogen) atoms. The predicted octanol–water partition coefficient (Wildman–Crippen LogP) is 2.18. The number of hydrogen-bond acceptors (Lipinski definition) is 3. The number of hydrogen-bond donors (Lipinski definition) is 1. The van der Waals surface area contributed by atoms with Crippen molar-refractivity contribution < 1.29 is 0 Å². The van der Waals surface area contributed by atoms with E-state index in [9.17, 15) is 0 Å². The molecule has 0 unspecified atom stereocenters. The lowest BCUT2D eigenvalue weighted by Crippen LogP contribution is -2.32. The van der Waals surface area contributed by atoms with Gasteiger partial charge in [-0.2, -0.15) is 5.10 Å². The van der Waals surface area contributed by atoms with Crippen LogP contribution in [0.4, 0.5) is 0 Å². The maximum atomic E-state index is 4.17. The Morgan fingerprint density at radius 2 is 2.17 bits per heavy atom. The maximum absolute atomic E-state index is 4.17. The third-order valence-electron chi connectivity index (χ3n) is 3.71. The molecular weight excluding hydrogens is 224 g/mol. The van der Waals surface area contributed by atoms with E-state index in [2.05, 4.69) is 26.1 Å². The zero-order valence-electron chi connectivity index (χ0n) is 10.4. The lowest BCUT2D eigenvalue weighted by Gasteiger charge is -2.31. The van der Waals surface area contributed by atoms with Crippen molar-refractivity contribution in [1.82, 2.24) is 20.1 Å². The van der Waals surface area contributed by atoms with Crippen molar-refractivity contribution in [2.75, 3.05) is 13.1 Å². The first-order chi connectivity index (χ1) is 8.92. The van der Waals surface area contributed by atoms with Crippen LogP contribution in [0.5, 0.6) is 0 Å². The maximum Gasteiger partial charge on any atom is 0.0522 e. The Morgan fingerprint density at radius 1 is 1.28 bits per heavy atom. The summed E-state index contributed by atoms with van der Waals surface area (Å²) in [6.07, 6.45) is 10.2. The second-order valence-electron chi connectivity index (χ2n) is 4.94. The van der Waals surface area contributed by atoms with E-state index in [-0.39, 0.29) is 0 Å². The van der Waals surface area contributed by atoms with Gasteiger partial charge < -0.3 is 0 Å². The average molecular weight is 242 g/mol. The van der Waals surface area contributed by atoms with Gasteiger partial charge in [-0.3, -0.25) is 15.0 Å². The zero-order chi connectivity index (χ0) is 12.2. The number of nitrogens with one attached hydrogen (secondary N) is 1. The molecular formula is C14H18N4. The summed E-state index contributed by atoms with van der Waals surface area (Å²) in [4.78, 5) is 6.67. The minimum Gasteiger partial charge on any atom is -0.299 e. The van der Waals surface area contributed by atoms with Crippen molar-refractivity contribution in [3.8, 4) is 0 Å². The molecule has 1 aliphatic heterocycles. The minimum absolute atomic E-state index is 0.675. The van der Waals surface area contributed by atoms with Crippen LogP contribution in [0.1, 0.15) is 29.9 Å². The van der Waals surface area contributed by atoms with E-state index in [1.165, 1.54) is 24.0 Å². The van der Waals surface area contributed by atoms with Gasteiger partial charge in [-0.05, 0) is 49.0 Å². The smallest absolute Gasteiger partial charge is 0.0522 e. The Morgan fingerprint density at radius 3 is 2.83 bits per heavy atom. The van der Waals surface area contributed by atoms with Crippen LogP contribution < -0.4 is 0 Å². The molecule has 94 valence electrons. The zero-order valence-corrected chi connectivity index (χ0v) is 10.4. The van der Waals surface area contributed by atoms with E-state index in [0.29, 0.717) is 5.92 Å². The van der Waals surface area contributed by atoms with Crippen molar-refractivity contribution in [2.24, 2.45) is 0 Å². The van der Waals surface area contributed by atoms with E-state index >= 15 is 0 Å². The van der Waals surface area contributed by atoms with E-state index in [1.807, 2.05) is 30.9 Å². The summed E-state index contributed by atoms with van der Waals surface area (Å²) >= 11 is 0. The number of pyridine rings is 1.